The van der Waals surface area contributed by atoms with E-state index in [4.69, 9.17) is 0 Å². The molecular formula is C12H19N3O3. The Bertz CT molecular complexity index is 397. The average Bonchev–Trinajstić information content (AvgIpc) is 2.44. The van der Waals surface area contributed by atoms with Crippen LogP contribution >= 0.6 is 0 Å². The van der Waals surface area contributed by atoms with Crippen LogP contribution in [0.15, 0.2) is 12.3 Å². The van der Waals surface area contributed by atoms with Crippen LogP contribution in [0.2, 0.25) is 0 Å². The molecule has 0 aliphatic carbocycles. The first-order valence-electron chi connectivity index (χ1n) is 5.91. The van der Waals surface area contributed by atoms with E-state index in [0.717, 1.165) is 12.8 Å². The molecule has 1 aromatic heterocycles. The Morgan fingerprint density at radius 1 is 1.50 bits per heavy atom. The summed E-state index contributed by atoms with van der Waals surface area (Å²) in [6.07, 6.45) is 2.98. The van der Waals surface area contributed by atoms with E-state index in [-0.39, 0.29) is 12.4 Å². The van der Waals surface area contributed by atoms with Gasteiger partial charge in [0.05, 0.1) is 19.3 Å². The number of aliphatic hydroxyl groups excluding tert-OH is 1. The molecule has 0 saturated carbocycles. The molecule has 100 valence electrons. The van der Waals surface area contributed by atoms with Gasteiger partial charge >= 0.3 is 5.97 Å². The second-order valence-corrected chi connectivity index (χ2v) is 4.03. The van der Waals surface area contributed by atoms with Crippen molar-refractivity contribution in [3.05, 3.63) is 18.1 Å². The topological polar surface area (TPSA) is 84.3 Å². The Morgan fingerprint density at radius 2 is 2.17 bits per heavy atom. The van der Waals surface area contributed by atoms with E-state index in [1.54, 1.807) is 6.07 Å². The second-order valence-electron chi connectivity index (χ2n) is 4.03. The van der Waals surface area contributed by atoms with E-state index < -0.39 is 11.5 Å². The lowest BCUT2D eigenvalue weighted by atomic mass is 9.94. The molecule has 1 heterocycles. The highest BCUT2D eigenvalue weighted by Crippen LogP contribution is 2.20. The number of anilines is 1. The van der Waals surface area contributed by atoms with Crippen LogP contribution in [-0.4, -0.2) is 40.3 Å². The van der Waals surface area contributed by atoms with E-state index in [1.807, 2.05) is 13.8 Å². The largest absolute Gasteiger partial charge is 0.463 e. The van der Waals surface area contributed by atoms with Crippen molar-refractivity contribution in [3.8, 4) is 0 Å². The molecule has 0 saturated heterocycles. The molecule has 1 rings (SSSR count). The predicted molar refractivity (Wildman–Crippen MR) is 67.4 cm³/mol. The number of carbonyl (C=O) groups excluding carboxylic acids is 1. The fourth-order valence-electron chi connectivity index (χ4n) is 1.58. The molecule has 18 heavy (non-hydrogen) atoms. The van der Waals surface area contributed by atoms with Crippen molar-refractivity contribution in [2.24, 2.45) is 0 Å². The number of nitrogens with zero attached hydrogens (tertiary/aromatic N) is 2. The molecule has 2 N–H and O–H groups in total. The summed E-state index contributed by atoms with van der Waals surface area (Å²) >= 11 is 0. The number of aliphatic hydroxyl groups is 1. The monoisotopic (exact) mass is 253 g/mol. The van der Waals surface area contributed by atoms with E-state index in [0.29, 0.717) is 5.82 Å². The first-order chi connectivity index (χ1) is 8.60. The zero-order chi connectivity index (χ0) is 13.6. The minimum Gasteiger partial charge on any atom is -0.463 e. The van der Waals surface area contributed by atoms with Gasteiger partial charge in [0.15, 0.2) is 0 Å². The van der Waals surface area contributed by atoms with Gasteiger partial charge in [-0.15, -0.1) is 0 Å². The number of rotatable bonds is 6. The summed E-state index contributed by atoms with van der Waals surface area (Å²) in [7, 11) is 1.28. The molecule has 0 spiro atoms. The highest BCUT2D eigenvalue weighted by atomic mass is 16.5. The summed E-state index contributed by atoms with van der Waals surface area (Å²) in [6.45, 7) is 3.96. The third kappa shape index (κ3) is 3.16. The molecule has 0 atom stereocenters. The van der Waals surface area contributed by atoms with E-state index in [1.165, 1.54) is 13.3 Å². The second kappa shape index (κ2) is 6.30. The normalized spacial score (nSPS) is 11.1. The van der Waals surface area contributed by atoms with E-state index in [2.05, 4.69) is 20.0 Å². The number of methoxy groups -OCH3 is 1. The molecule has 0 fully saturated rings. The molecule has 6 heteroatoms. The molecule has 0 radical (unpaired) electrons. The summed E-state index contributed by atoms with van der Waals surface area (Å²) in [5.74, 6) is -0.0778. The summed E-state index contributed by atoms with van der Waals surface area (Å²) in [4.78, 5) is 19.2. The third-order valence-electron chi connectivity index (χ3n) is 3.07. The lowest BCUT2D eigenvalue weighted by molar-refractivity contribution is 0.0587. The van der Waals surface area contributed by atoms with Crippen molar-refractivity contribution >= 4 is 11.8 Å². The van der Waals surface area contributed by atoms with E-state index >= 15 is 0 Å². The molecule has 0 aliphatic rings. The van der Waals surface area contributed by atoms with Gasteiger partial charge in [0.1, 0.15) is 5.82 Å². The van der Waals surface area contributed by atoms with Gasteiger partial charge in [-0.2, -0.15) is 0 Å². The van der Waals surface area contributed by atoms with Gasteiger partial charge in [-0.05, 0) is 18.9 Å². The Hall–Kier alpha value is -1.69. The summed E-state index contributed by atoms with van der Waals surface area (Å²) in [6, 6.07) is 1.65. The molecule has 0 aliphatic heterocycles. The van der Waals surface area contributed by atoms with Crippen LogP contribution in [0, 0.1) is 0 Å². The summed E-state index contributed by atoms with van der Waals surface area (Å²) < 4.78 is 4.56. The van der Waals surface area contributed by atoms with Crippen molar-refractivity contribution in [3.63, 3.8) is 0 Å². The van der Waals surface area contributed by atoms with Gasteiger partial charge in [0.2, 0.25) is 5.82 Å². The standard InChI is InChI=1S/C12H19N3O3/c1-4-12(5-2,8-16)15-9-6-7-13-10(14-9)11(17)18-3/h6-7,16H,4-5,8H2,1-3H3,(H,13,14,15). The van der Waals surface area contributed by atoms with Crippen molar-refractivity contribution in [2.45, 2.75) is 32.2 Å². The Balaban J connectivity index is 2.93. The van der Waals surface area contributed by atoms with Crippen molar-refractivity contribution < 1.29 is 14.6 Å². The smallest absolute Gasteiger partial charge is 0.376 e. The molecular weight excluding hydrogens is 234 g/mol. The van der Waals surface area contributed by atoms with Crippen LogP contribution in [0.5, 0.6) is 0 Å². The number of ether oxygens (including phenoxy) is 1. The maximum Gasteiger partial charge on any atom is 0.376 e. The SMILES string of the molecule is CCC(CC)(CO)Nc1ccnc(C(=O)OC)n1. The number of hydrogen-bond acceptors (Lipinski definition) is 6. The fraction of sp³-hybridized carbons (Fsp3) is 0.583. The van der Waals surface area contributed by atoms with Gasteiger partial charge in [0.25, 0.3) is 0 Å². The van der Waals surface area contributed by atoms with Gasteiger partial charge < -0.3 is 15.2 Å². The molecule has 1 aromatic rings. The quantitative estimate of drug-likeness (QED) is 0.742. The molecule has 0 aromatic carbocycles. The van der Waals surface area contributed by atoms with Crippen molar-refractivity contribution in [2.75, 3.05) is 19.0 Å². The average molecular weight is 253 g/mol. The Morgan fingerprint density at radius 3 is 2.67 bits per heavy atom. The van der Waals surface area contributed by atoms with Crippen LogP contribution in [0.4, 0.5) is 5.82 Å². The maximum atomic E-state index is 11.3. The minimum absolute atomic E-state index is 0.00143. The predicted octanol–water partition coefficient (Wildman–Crippen LogP) is 1.23. The van der Waals surface area contributed by atoms with Crippen molar-refractivity contribution in [1.29, 1.82) is 0 Å². The van der Waals surface area contributed by atoms with Crippen LogP contribution < -0.4 is 5.32 Å². The Labute approximate surface area is 106 Å². The van der Waals surface area contributed by atoms with Crippen LogP contribution in [-0.2, 0) is 4.74 Å². The third-order valence-corrected chi connectivity index (χ3v) is 3.07. The molecule has 6 nitrogen and oxygen atoms in total. The fourth-order valence-corrected chi connectivity index (χ4v) is 1.58. The van der Waals surface area contributed by atoms with Crippen LogP contribution in [0.25, 0.3) is 0 Å². The zero-order valence-electron chi connectivity index (χ0n) is 10.9. The zero-order valence-corrected chi connectivity index (χ0v) is 10.9. The number of carbonyl (C=O) groups is 1. The van der Waals surface area contributed by atoms with Gasteiger partial charge in [0, 0.05) is 6.20 Å². The number of nitrogens with one attached hydrogen (secondary N) is 1. The van der Waals surface area contributed by atoms with Crippen LogP contribution in [0.3, 0.4) is 0 Å². The van der Waals surface area contributed by atoms with Crippen LogP contribution in [0.1, 0.15) is 37.3 Å². The lowest BCUT2D eigenvalue weighted by Gasteiger charge is -2.31. The first kappa shape index (κ1) is 14.4. The highest BCUT2D eigenvalue weighted by Gasteiger charge is 2.25. The minimum atomic E-state index is -0.582. The van der Waals surface area contributed by atoms with Gasteiger partial charge in [-0.25, -0.2) is 14.8 Å². The maximum absolute atomic E-state index is 11.3. The lowest BCUT2D eigenvalue weighted by Crippen LogP contribution is -2.41. The van der Waals surface area contributed by atoms with E-state index in [9.17, 15) is 9.90 Å². The molecule has 0 amide bonds. The highest BCUT2D eigenvalue weighted by molar-refractivity contribution is 5.85. The van der Waals surface area contributed by atoms with Gasteiger partial charge in [-0.3, -0.25) is 0 Å². The van der Waals surface area contributed by atoms with Crippen molar-refractivity contribution in [1.82, 2.24) is 9.97 Å². The molecule has 0 bridgehead atoms. The number of aromatic nitrogens is 2. The van der Waals surface area contributed by atoms with Gasteiger partial charge in [-0.1, -0.05) is 13.8 Å². The number of esters is 1. The summed E-state index contributed by atoms with van der Waals surface area (Å²) in [5.41, 5.74) is -0.429. The molecule has 0 unspecified atom stereocenters. The first-order valence-corrected chi connectivity index (χ1v) is 5.91. The Kier molecular flexibility index (Phi) is 5.03. The summed E-state index contributed by atoms with van der Waals surface area (Å²) in [5, 5.41) is 12.6. The number of hydrogen-bond donors (Lipinski definition) is 2.